The SMILES string of the molecule is CCOC(=O)c1nn(C)c2c1CN(S(=O)(=O)c1ccc(C)c(C)c1)CC2. The number of esters is 1. The number of hydrogen-bond donors (Lipinski definition) is 0. The van der Waals surface area contributed by atoms with Gasteiger partial charge in [-0.05, 0) is 44.0 Å². The third kappa shape index (κ3) is 3.14. The van der Waals surface area contributed by atoms with Crippen molar-refractivity contribution in [2.24, 2.45) is 7.05 Å². The summed E-state index contributed by atoms with van der Waals surface area (Å²) in [6, 6.07) is 5.13. The Labute approximate surface area is 153 Å². The van der Waals surface area contributed by atoms with Gasteiger partial charge in [0.05, 0.1) is 11.5 Å². The van der Waals surface area contributed by atoms with E-state index < -0.39 is 16.0 Å². The molecule has 1 aromatic carbocycles. The second-order valence-electron chi connectivity index (χ2n) is 6.45. The van der Waals surface area contributed by atoms with Crippen LogP contribution in [-0.2, 0) is 34.8 Å². The monoisotopic (exact) mass is 377 g/mol. The highest BCUT2D eigenvalue weighted by atomic mass is 32.2. The maximum Gasteiger partial charge on any atom is 0.359 e. The molecule has 1 aromatic heterocycles. The molecule has 26 heavy (non-hydrogen) atoms. The first-order valence-corrected chi connectivity index (χ1v) is 9.99. The molecule has 0 fully saturated rings. The molecule has 0 aliphatic carbocycles. The van der Waals surface area contributed by atoms with Crippen molar-refractivity contribution in [2.45, 2.75) is 38.6 Å². The van der Waals surface area contributed by atoms with Crippen molar-refractivity contribution in [2.75, 3.05) is 13.2 Å². The summed E-state index contributed by atoms with van der Waals surface area (Å²) >= 11 is 0. The summed E-state index contributed by atoms with van der Waals surface area (Å²) < 4.78 is 34.2. The number of aromatic nitrogens is 2. The fourth-order valence-corrected chi connectivity index (χ4v) is 4.65. The van der Waals surface area contributed by atoms with E-state index in [1.807, 2.05) is 19.9 Å². The van der Waals surface area contributed by atoms with Crippen molar-refractivity contribution < 1.29 is 17.9 Å². The van der Waals surface area contributed by atoms with Gasteiger partial charge in [-0.1, -0.05) is 6.07 Å². The Bertz CT molecular complexity index is 963. The van der Waals surface area contributed by atoms with Gasteiger partial charge in [0.15, 0.2) is 5.69 Å². The van der Waals surface area contributed by atoms with E-state index in [-0.39, 0.29) is 23.7 Å². The number of fused-ring (bicyclic) bond motifs is 1. The second-order valence-corrected chi connectivity index (χ2v) is 8.39. The predicted molar refractivity (Wildman–Crippen MR) is 96.4 cm³/mol. The summed E-state index contributed by atoms with van der Waals surface area (Å²) in [5.74, 6) is -0.519. The van der Waals surface area contributed by atoms with Crippen LogP contribution in [0.4, 0.5) is 0 Å². The van der Waals surface area contributed by atoms with Gasteiger partial charge in [0.2, 0.25) is 10.0 Å². The molecular weight excluding hydrogens is 354 g/mol. The smallest absolute Gasteiger partial charge is 0.359 e. The third-order valence-electron chi connectivity index (χ3n) is 4.79. The van der Waals surface area contributed by atoms with Crippen LogP contribution < -0.4 is 0 Å². The van der Waals surface area contributed by atoms with Gasteiger partial charge in [0.25, 0.3) is 0 Å². The van der Waals surface area contributed by atoms with Crippen LogP contribution in [0.15, 0.2) is 23.1 Å². The Morgan fingerprint density at radius 3 is 2.65 bits per heavy atom. The molecule has 0 bridgehead atoms. The Balaban J connectivity index is 1.96. The van der Waals surface area contributed by atoms with E-state index in [1.54, 1.807) is 30.8 Å². The van der Waals surface area contributed by atoms with Crippen molar-refractivity contribution >= 4 is 16.0 Å². The number of hydrogen-bond acceptors (Lipinski definition) is 5. The number of nitrogens with zero attached hydrogens (tertiary/aromatic N) is 3. The first-order valence-electron chi connectivity index (χ1n) is 8.55. The van der Waals surface area contributed by atoms with Gasteiger partial charge in [-0.15, -0.1) is 0 Å². The topological polar surface area (TPSA) is 81.5 Å². The van der Waals surface area contributed by atoms with Crippen LogP contribution in [0.25, 0.3) is 0 Å². The zero-order valence-electron chi connectivity index (χ0n) is 15.4. The van der Waals surface area contributed by atoms with Gasteiger partial charge in [-0.3, -0.25) is 4.68 Å². The average molecular weight is 377 g/mol. The van der Waals surface area contributed by atoms with Gasteiger partial charge < -0.3 is 4.74 Å². The summed E-state index contributed by atoms with van der Waals surface area (Å²) in [5.41, 5.74) is 3.67. The Morgan fingerprint density at radius 2 is 2.00 bits per heavy atom. The minimum atomic E-state index is -3.65. The molecule has 0 saturated heterocycles. The maximum absolute atomic E-state index is 13.1. The lowest BCUT2D eigenvalue weighted by Gasteiger charge is -2.27. The van der Waals surface area contributed by atoms with Gasteiger partial charge in [-0.2, -0.15) is 9.40 Å². The van der Waals surface area contributed by atoms with E-state index >= 15 is 0 Å². The molecule has 0 saturated carbocycles. The first-order chi connectivity index (χ1) is 12.3. The highest BCUT2D eigenvalue weighted by Crippen LogP contribution is 2.28. The van der Waals surface area contributed by atoms with Crippen molar-refractivity contribution in [1.29, 1.82) is 0 Å². The zero-order chi connectivity index (χ0) is 19.1. The molecule has 0 atom stereocenters. The molecule has 1 aliphatic heterocycles. The molecule has 0 radical (unpaired) electrons. The van der Waals surface area contributed by atoms with E-state index in [2.05, 4.69) is 5.10 Å². The van der Waals surface area contributed by atoms with E-state index in [0.29, 0.717) is 18.5 Å². The largest absolute Gasteiger partial charge is 0.461 e. The Morgan fingerprint density at radius 1 is 1.27 bits per heavy atom. The molecule has 2 heterocycles. The number of rotatable bonds is 4. The summed E-state index contributed by atoms with van der Waals surface area (Å²) in [6.07, 6.45) is 0.502. The zero-order valence-corrected chi connectivity index (χ0v) is 16.3. The predicted octanol–water partition coefficient (Wildman–Crippen LogP) is 1.96. The van der Waals surface area contributed by atoms with Crippen molar-refractivity contribution in [1.82, 2.24) is 14.1 Å². The van der Waals surface area contributed by atoms with Crippen LogP contribution in [0.5, 0.6) is 0 Å². The van der Waals surface area contributed by atoms with Crippen LogP contribution in [0.2, 0.25) is 0 Å². The summed E-state index contributed by atoms with van der Waals surface area (Å²) in [4.78, 5) is 12.4. The molecule has 8 heteroatoms. The van der Waals surface area contributed by atoms with Crippen molar-refractivity contribution in [3.05, 3.63) is 46.3 Å². The third-order valence-corrected chi connectivity index (χ3v) is 6.63. The quantitative estimate of drug-likeness (QED) is 0.761. The second kappa shape index (κ2) is 6.85. The number of benzene rings is 1. The average Bonchev–Trinajstić information content (AvgIpc) is 2.94. The Kier molecular flexibility index (Phi) is 4.90. The number of carbonyl (C=O) groups excluding carboxylic acids is 1. The lowest BCUT2D eigenvalue weighted by molar-refractivity contribution is 0.0516. The summed E-state index contributed by atoms with van der Waals surface area (Å²) in [7, 11) is -1.89. The summed E-state index contributed by atoms with van der Waals surface area (Å²) in [6.45, 7) is 6.28. The minimum Gasteiger partial charge on any atom is -0.461 e. The normalized spacial score (nSPS) is 14.9. The summed E-state index contributed by atoms with van der Waals surface area (Å²) in [5, 5.41) is 4.25. The van der Waals surface area contributed by atoms with E-state index in [1.165, 1.54) is 4.31 Å². The standard InChI is InChI=1S/C18H23N3O4S/c1-5-25-18(22)17-15-11-21(9-8-16(15)20(4)19-17)26(23,24)14-7-6-12(2)13(3)10-14/h6-7,10H,5,8-9,11H2,1-4H3. The molecule has 3 rings (SSSR count). The lowest BCUT2D eigenvalue weighted by atomic mass is 10.1. The number of carbonyl (C=O) groups is 1. The molecular formula is C18H23N3O4S. The van der Waals surface area contributed by atoms with E-state index in [4.69, 9.17) is 4.74 Å². The number of aryl methyl sites for hydroxylation is 3. The molecule has 1 aliphatic rings. The first kappa shape index (κ1) is 18.6. The highest BCUT2D eigenvalue weighted by molar-refractivity contribution is 7.89. The van der Waals surface area contributed by atoms with Crippen LogP contribution >= 0.6 is 0 Å². The molecule has 0 unspecified atom stereocenters. The van der Waals surface area contributed by atoms with Crippen LogP contribution in [0.1, 0.15) is 39.8 Å². The van der Waals surface area contributed by atoms with Gasteiger partial charge in [-0.25, -0.2) is 13.2 Å². The molecule has 0 amide bonds. The number of sulfonamides is 1. The van der Waals surface area contributed by atoms with Crippen LogP contribution in [0, 0.1) is 13.8 Å². The molecule has 0 spiro atoms. The van der Waals surface area contributed by atoms with E-state index in [9.17, 15) is 13.2 Å². The molecule has 0 N–H and O–H groups in total. The highest BCUT2D eigenvalue weighted by Gasteiger charge is 2.34. The fourth-order valence-electron chi connectivity index (χ4n) is 3.16. The molecule has 140 valence electrons. The fraction of sp³-hybridized carbons (Fsp3) is 0.444. The van der Waals surface area contributed by atoms with Gasteiger partial charge in [0.1, 0.15) is 0 Å². The van der Waals surface area contributed by atoms with Gasteiger partial charge in [0, 0.05) is 37.8 Å². The number of ether oxygens (including phenoxy) is 1. The van der Waals surface area contributed by atoms with Gasteiger partial charge >= 0.3 is 5.97 Å². The van der Waals surface area contributed by atoms with Crippen molar-refractivity contribution in [3.63, 3.8) is 0 Å². The maximum atomic E-state index is 13.1. The lowest BCUT2D eigenvalue weighted by Crippen LogP contribution is -2.36. The van der Waals surface area contributed by atoms with Crippen molar-refractivity contribution in [3.8, 4) is 0 Å². The van der Waals surface area contributed by atoms with Crippen LogP contribution in [-0.4, -0.2) is 41.6 Å². The minimum absolute atomic E-state index is 0.118. The van der Waals surface area contributed by atoms with E-state index in [0.717, 1.165) is 16.8 Å². The Hall–Kier alpha value is -2.19. The van der Waals surface area contributed by atoms with Crippen LogP contribution in [0.3, 0.4) is 0 Å². The molecule has 7 nitrogen and oxygen atoms in total. The molecule has 2 aromatic rings.